The van der Waals surface area contributed by atoms with Gasteiger partial charge in [0.25, 0.3) is 0 Å². The molecule has 454 valence electrons. The monoisotopic (exact) mass is 1070 g/mol. The third kappa shape index (κ3) is 62.1. The third-order valence-corrected chi connectivity index (χ3v) is 16.9. The molecule has 3 N–H and O–H groups in total. The molecule has 1 amide bonds. The number of ether oxygens (including phenoxy) is 1. The molecule has 0 aromatic heterocycles. The van der Waals surface area contributed by atoms with Crippen molar-refractivity contribution in [2.45, 2.75) is 424 Å². The van der Waals surface area contributed by atoms with Crippen LogP contribution in [0.2, 0.25) is 0 Å². The van der Waals surface area contributed by atoms with Crippen LogP contribution in [-0.4, -0.2) is 47.4 Å². The van der Waals surface area contributed by atoms with Gasteiger partial charge in [-0.1, -0.05) is 373 Å². The summed E-state index contributed by atoms with van der Waals surface area (Å²) in [5, 5.41) is 23.4. The molecule has 0 heterocycles. The number of esters is 1. The van der Waals surface area contributed by atoms with E-state index in [-0.39, 0.29) is 18.5 Å². The second-order valence-corrected chi connectivity index (χ2v) is 24.6. The van der Waals surface area contributed by atoms with Crippen molar-refractivity contribution < 1.29 is 24.5 Å². The maximum atomic E-state index is 12.5. The number of amides is 1. The first-order chi connectivity index (χ1) is 37.5. The fourth-order valence-corrected chi connectivity index (χ4v) is 11.5. The number of nitrogens with one attached hydrogen (secondary N) is 1. The Balaban J connectivity index is 3.33. The Morgan fingerprint density at radius 2 is 0.539 bits per heavy atom. The lowest BCUT2D eigenvalue weighted by Crippen LogP contribution is -2.45. The average Bonchev–Trinajstić information content (AvgIpc) is 3.42. The molecule has 2 atom stereocenters. The van der Waals surface area contributed by atoms with Gasteiger partial charge < -0.3 is 20.3 Å². The minimum absolute atomic E-state index is 0.0215. The standard InChI is InChI=1S/C70H139NO5/c1-3-5-7-9-11-13-15-17-19-20-31-35-38-42-46-50-54-58-62-68(73)67(66-72)71-69(74)63-59-55-51-47-43-39-36-32-29-27-25-23-21-22-24-26-28-30-33-37-41-45-49-53-57-61-65-76-70(75)64-60-56-52-48-44-40-34-18-16-14-12-10-8-6-4-2/h67-68,72-73H,3-66H2,1-2H3,(H,71,74). The lowest BCUT2D eigenvalue weighted by atomic mass is 10.0. The second kappa shape index (κ2) is 66.4. The Hall–Kier alpha value is -1.14. The smallest absolute Gasteiger partial charge is 0.305 e. The molecular weight excluding hydrogens is 935 g/mol. The van der Waals surface area contributed by atoms with Crippen LogP contribution >= 0.6 is 0 Å². The zero-order chi connectivity index (χ0) is 55.0. The summed E-state index contributed by atoms with van der Waals surface area (Å²) >= 11 is 0. The van der Waals surface area contributed by atoms with Crippen LogP contribution in [0.5, 0.6) is 0 Å². The highest BCUT2D eigenvalue weighted by Crippen LogP contribution is 2.20. The van der Waals surface area contributed by atoms with Crippen LogP contribution in [-0.2, 0) is 14.3 Å². The van der Waals surface area contributed by atoms with E-state index >= 15 is 0 Å². The highest BCUT2D eigenvalue weighted by atomic mass is 16.5. The van der Waals surface area contributed by atoms with Crippen molar-refractivity contribution in [3.8, 4) is 0 Å². The number of aliphatic hydroxyl groups is 2. The van der Waals surface area contributed by atoms with Gasteiger partial charge in [0.05, 0.1) is 25.4 Å². The van der Waals surface area contributed by atoms with Crippen molar-refractivity contribution in [1.82, 2.24) is 5.32 Å². The van der Waals surface area contributed by atoms with Crippen molar-refractivity contribution in [1.29, 1.82) is 0 Å². The third-order valence-electron chi connectivity index (χ3n) is 16.9. The lowest BCUT2D eigenvalue weighted by molar-refractivity contribution is -0.143. The fraction of sp³-hybridized carbons (Fsp3) is 0.971. The van der Waals surface area contributed by atoms with Crippen LogP contribution in [0.4, 0.5) is 0 Å². The molecular formula is C70H139NO5. The van der Waals surface area contributed by atoms with E-state index in [1.54, 1.807) is 0 Å². The van der Waals surface area contributed by atoms with Crippen LogP contribution in [0.1, 0.15) is 412 Å². The SMILES string of the molecule is CCCCCCCCCCCCCCCCCCCCC(O)C(CO)NC(=O)CCCCCCCCCCCCCCCCCCCCCCCCCCCCOC(=O)CCCCCCCCCCCCCCCCC. The largest absolute Gasteiger partial charge is 0.466 e. The van der Waals surface area contributed by atoms with Gasteiger partial charge in [-0.15, -0.1) is 0 Å². The molecule has 6 heteroatoms. The lowest BCUT2D eigenvalue weighted by Gasteiger charge is -2.22. The topological polar surface area (TPSA) is 95.9 Å². The van der Waals surface area contributed by atoms with Gasteiger partial charge in [0, 0.05) is 12.8 Å². The van der Waals surface area contributed by atoms with Gasteiger partial charge in [-0.3, -0.25) is 9.59 Å². The number of rotatable bonds is 67. The maximum Gasteiger partial charge on any atom is 0.305 e. The minimum atomic E-state index is -0.662. The molecule has 0 aliphatic carbocycles. The van der Waals surface area contributed by atoms with Crippen molar-refractivity contribution in [3.63, 3.8) is 0 Å². The predicted octanol–water partition coefficient (Wildman–Crippen LogP) is 22.6. The van der Waals surface area contributed by atoms with E-state index < -0.39 is 12.1 Å². The van der Waals surface area contributed by atoms with Crippen molar-refractivity contribution in [2.24, 2.45) is 0 Å². The van der Waals surface area contributed by atoms with Gasteiger partial charge >= 0.3 is 5.97 Å². The van der Waals surface area contributed by atoms with Crippen LogP contribution in [0.3, 0.4) is 0 Å². The molecule has 0 rings (SSSR count). The highest BCUT2D eigenvalue weighted by molar-refractivity contribution is 5.76. The molecule has 76 heavy (non-hydrogen) atoms. The molecule has 0 spiro atoms. The van der Waals surface area contributed by atoms with Crippen molar-refractivity contribution >= 4 is 11.9 Å². The number of hydrogen-bond acceptors (Lipinski definition) is 5. The van der Waals surface area contributed by atoms with E-state index in [0.29, 0.717) is 25.9 Å². The molecule has 0 bridgehead atoms. The number of carbonyl (C=O) groups excluding carboxylic acids is 2. The fourth-order valence-electron chi connectivity index (χ4n) is 11.5. The van der Waals surface area contributed by atoms with Crippen LogP contribution in [0.25, 0.3) is 0 Å². The van der Waals surface area contributed by atoms with Crippen molar-refractivity contribution in [2.75, 3.05) is 13.2 Å². The number of unbranched alkanes of at least 4 members (excludes halogenated alkanes) is 56. The zero-order valence-corrected chi connectivity index (χ0v) is 52.0. The summed E-state index contributed by atoms with van der Waals surface area (Å²) < 4.78 is 5.50. The summed E-state index contributed by atoms with van der Waals surface area (Å²) in [5.74, 6) is -0.00639. The van der Waals surface area contributed by atoms with E-state index in [2.05, 4.69) is 19.2 Å². The molecule has 0 fully saturated rings. The first-order valence-electron chi connectivity index (χ1n) is 35.3. The highest BCUT2D eigenvalue weighted by Gasteiger charge is 2.20. The molecule has 0 aromatic rings. The molecule has 0 radical (unpaired) electrons. The summed E-state index contributed by atoms with van der Waals surface area (Å²) in [6, 6.07) is -0.539. The van der Waals surface area contributed by atoms with Crippen LogP contribution in [0, 0.1) is 0 Å². The predicted molar refractivity (Wildman–Crippen MR) is 334 cm³/mol. The molecule has 6 nitrogen and oxygen atoms in total. The Morgan fingerprint density at radius 1 is 0.316 bits per heavy atom. The van der Waals surface area contributed by atoms with Gasteiger partial charge in [0.2, 0.25) is 5.91 Å². The molecule has 0 aliphatic heterocycles. The van der Waals surface area contributed by atoms with E-state index in [9.17, 15) is 19.8 Å². The molecule has 0 aromatic carbocycles. The quantitative estimate of drug-likeness (QED) is 0.0417. The number of aliphatic hydroxyl groups excluding tert-OH is 2. The number of hydrogen-bond donors (Lipinski definition) is 3. The Morgan fingerprint density at radius 3 is 0.803 bits per heavy atom. The molecule has 0 saturated carbocycles. The summed E-state index contributed by atoms with van der Waals surface area (Å²) in [5.41, 5.74) is 0. The molecule has 0 saturated heterocycles. The van der Waals surface area contributed by atoms with Crippen LogP contribution < -0.4 is 5.32 Å². The number of carbonyl (C=O) groups is 2. The zero-order valence-electron chi connectivity index (χ0n) is 52.0. The van der Waals surface area contributed by atoms with Gasteiger partial charge in [0.15, 0.2) is 0 Å². The average molecular weight is 1070 g/mol. The summed E-state index contributed by atoms with van der Waals surface area (Å²) in [7, 11) is 0. The van der Waals surface area contributed by atoms with E-state index in [1.807, 2.05) is 0 Å². The normalized spacial score (nSPS) is 12.4. The Labute approximate surface area is 476 Å². The van der Waals surface area contributed by atoms with E-state index in [0.717, 1.165) is 38.5 Å². The van der Waals surface area contributed by atoms with Gasteiger partial charge in [0.1, 0.15) is 0 Å². The summed E-state index contributed by atoms with van der Waals surface area (Å²) in [6.45, 7) is 5.01. The van der Waals surface area contributed by atoms with E-state index in [4.69, 9.17) is 4.74 Å². The minimum Gasteiger partial charge on any atom is -0.466 e. The van der Waals surface area contributed by atoms with Gasteiger partial charge in [-0.2, -0.15) is 0 Å². The van der Waals surface area contributed by atoms with Crippen LogP contribution in [0.15, 0.2) is 0 Å². The molecule has 0 aliphatic rings. The Bertz CT molecular complexity index is 1100. The Kier molecular flexibility index (Phi) is 65.4. The van der Waals surface area contributed by atoms with E-state index in [1.165, 1.54) is 340 Å². The maximum absolute atomic E-state index is 12.5. The second-order valence-electron chi connectivity index (χ2n) is 24.6. The first-order valence-corrected chi connectivity index (χ1v) is 35.3. The van der Waals surface area contributed by atoms with Crippen molar-refractivity contribution in [3.05, 3.63) is 0 Å². The van der Waals surface area contributed by atoms with Gasteiger partial charge in [-0.25, -0.2) is 0 Å². The summed E-state index contributed by atoms with van der Waals surface area (Å²) in [6.07, 6.45) is 80.0. The first kappa shape index (κ1) is 74.9. The molecule has 2 unspecified atom stereocenters. The van der Waals surface area contributed by atoms with Gasteiger partial charge in [-0.05, 0) is 25.7 Å². The summed E-state index contributed by atoms with van der Waals surface area (Å²) in [4.78, 5) is 24.6.